The molecule has 1 unspecified atom stereocenters. The molecule has 6 heteroatoms. The first-order valence-corrected chi connectivity index (χ1v) is 5.53. The summed E-state index contributed by atoms with van der Waals surface area (Å²) in [6.45, 7) is 7.77. The molecule has 1 rings (SSSR count). The van der Waals surface area contributed by atoms with Crippen LogP contribution in [0, 0.1) is 0 Å². The third-order valence-corrected chi connectivity index (χ3v) is 1.78. The van der Waals surface area contributed by atoms with Crippen LogP contribution in [0.1, 0.15) is 6.92 Å². The van der Waals surface area contributed by atoms with Crippen LogP contribution in [0.15, 0.2) is 49.6 Å². The molecule has 0 amide bonds. The van der Waals surface area contributed by atoms with Crippen LogP contribution in [0.4, 0.5) is 0 Å². The molecule has 0 saturated heterocycles. The third kappa shape index (κ3) is 7.54. The van der Waals surface area contributed by atoms with Crippen molar-refractivity contribution in [2.45, 2.75) is 13.2 Å². The number of para-hydroxylation sites is 2. The number of benzene rings is 1. The molecule has 1 atom stereocenters. The molecule has 0 bridgehead atoms. The molecule has 0 aliphatic rings. The average Bonchev–Trinajstić information content (AvgIpc) is 2.41. The molecule has 1 aromatic carbocycles. The number of hydrogen-bond acceptors (Lipinski definition) is 5. The summed E-state index contributed by atoms with van der Waals surface area (Å²) in [5, 5.41) is 17.0. The van der Waals surface area contributed by atoms with Crippen LogP contribution in [-0.4, -0.2) is 28.4 Å². The SMILES string of the molecule is C=CC(=O)O.C=CC(=O)OC(C)Oc1ccccc1O. The summed E-state index contributed by atoms with van der Waals surface area (Å²) in [6, 6.07) is 6.44. The van der Waals surface area contributed by atoms with E-state index in [4.69, 9.17) is 14.6 Å². The Bertz CT molecular complexity index is 480. The van der Waals surface area contributed by atoms with Crippen molar-refractivity contribution in [1.29, 1.82) is 0 Å². The van der Waals surface area contributed by atoms with Crippen molar-refractivity contribution < 1.29 is 29.3 Å². The molecule has 108 valence electrons. The predicted octanol–water partition coefficient (Wildman–Crippen LogP) is 2.10. The number of carbonyl (C=O) groups is 2. The van der Waals surface area contributed by atoms with Gasteiger partial charge < -0.3 is 19.7 Å². The number of hydrogen-bond donors (Lipinski definition) is 2. The van der Waals surface area contributed by atoms with Gasteiger partial charge in [0.1, 0.15) is 0 Å². The molecule has 0 aliphatic carbocycles. The number of esters is 1. The summed E-state index contributed by atoms with van der Waals surface area (Å²) in [5.41, 5.74) is 0. The number of carbonyl (C=O) groups excluding carboxylic acids is 1. The first kappa shape index (κ1) is 17.2. The van der Waals surface area contributed by atoms with Gasteiger partial charge in [-0.05, 0) is 12.1 Å². The molecule has 2 N–H and O–H groups in total. The number of rotatable bonds is 5. The zero-order chi connectivity index (χ0) is 15.5. The summed E-state index contributed by atoms with van der Waals surface area (Å²) in [6.07, 6.45) is 1.11. The number of carboxylic acid groups (broad SMARTS) is 1. The van der Waals surface area contributed by atoms with Crippen molar-refractivity contribution in [2.75, 3.05) is 0 Å². The molecule has 0 saturated carbocycles. The van der Waals surface area contributed by atoms with E-state index in [0.717, 1.165) is 12.2 Å². The number of phenolic OH excluding ortho intramolecular Hbond substituents is 1. The highest BCUT2D eigenvalue weighted by Crippen LogP contribution is 2.25. The Kier molecular flexibility index (Phi) is 7.94. The van der Waals surface area contributed by atoms with Gasteiger partial charge in [0.2, 0.25) is 6.29 Å². The van der Waals surface area contributed by atoms with E-state index < -0.39 is 18.2 Å². The maximum atomic E-state index is 10.8. The number of aromatic hydroxyl groups is 1. The standard InChI is InChI=1S/C11H12O4.C3H4O2/c1-3-11(13)15-8(2)14-10-7-5-4-6-9(10)12;1-2-3(4)5/h3-8,12H,1H2,2H3;2H,1H2,(H,4,5). The molecule has 6 nitrogen and oxygen atoms in total. The summed E-state index contributed by atoms with van der Waals surface area (Å²) >= 11 is 0. The van der Waals surface area contributed by atoms with Crippen LogP contribution >= 0.6 is 0 Å². The number of aliphatic carboxylic acids is 1. The molecule has 1 aromatic rings. The lowest BCUT2D eigenvalue weighted by molar-refractivity contribution is -0.155. The highest BCUT2D eigenvalue weighted by atomic mass is 16.7. The molecular weight excluding hydrogens is 264 g/mol. The van der Waals surface area contributed by atoms with Gasteiger partial charge in [-0.15, -0.1) is 0 Å². The summed E-state index contributed by atoms with van der Waals surface area (Å²) < 4.78 is 9.94. The van der Waals surface area contributed by atoms with Gasteiger partial charge in [0.25, 0.3) is 0 Å². The summed E-state index contributed by atoms with van der Waals surface area (Å²) in [5.74, 6) is -1.29. The van der Waals surface area contributed by atoms with E-state index in [0.29, 0.717) is 0 Å². The van der Waals surface area contributed by atoms with Gasteiger partial charge >= 0.3 is 11.9 Å². The molecule has 0 radical (unpaired) electrons. The molecule has 0 spiro atoms. The van der Waals surface area contributed by atoms with Gasteiger partial charge in [0.05, 0.1) is 0 Å². The number of carboxylic acids is 1. The van der Waals surface area contributed by atoms with Crippen molar-refractivity contribution in [3.63, 3.8) is 0 Å². The van der Waals surface area contributed by atoms with E-state index in [2.05, 4.69) is 13.2 Å². The van der Waals surface area contributed by atoms with Gasteiger partial charge in [-0.2, -0.15) is 0 Å². The topological polar surface area (TPSA) is 93.1 Å². The third-order valence-electron chi connectivity index (χ3n) is 1.78. The Hall–Kier alpha value is -2.76. The second-order valence-electron chi connectivity index (χ2n) is 3.34. The minimum absolute atomic E-state index is 0.000924. The number of phenols is 1. The lowest BCUT2D eigenvalue weighted by Crippen LogP contribution is -2.19. The van der Waals surface area contributed by atoms with Crippen molar-refractivity contribution in [1.82, 2.24) is 0 Å². The lowest BCUT2D eigenvalue weighted by Gasteiger charge is -2.14. The Labute approximate surface area is 116 Å². The smallest absolute Gasteiger partial charge is 0.333 e. The van der Waals surface area contributed by atoms with Gasteiger partial charge in [0, 0.05) is 19.1 Å². The van der Waals surface area contributed by atoms with Crippen LogP contribution in [0.2, 0.25) is 0 Å². The van der Waals surface area contributed by atoms with E-state index in [9.17, 15) is 14.7 Å². The molecule has 0 fully saturated rings. The lowest BCUT2D eigenvalue weighted by atomic mass is 10.3. The second kappa shape index (κ2) is 9.21. The van der Waals surface area contributed by atoms with E-state index in [1.54, 1.807) is 25.1 Å². The summed E-state index contributed by atoms with van der Waals surface area (Å²) in [7, 11) is 0. The van der Waals surface area contributed by atoms with E-state index in [-0.39, 0.29) is 11.5 Å². The fourth-order valence-corrected chi connectivity index (χ4v) is 0.971. The molecule has 0 heterocycles. The molecule has 0 aromatic heterocycles. The quantitative estimate of drug-likeness (QED) is 0.487. The minimum atomic E-state index is -0.981. The second-order valence-corrected chi connectivity index (χ2v) is 3.34. The zero-order valence-electron chi connectivity index (χ0n) is 11.0. The maximum absolute atomic E-state index is 10.8. The normalized spacial score (nSPS) is 10.2. The van der Waals surface area contributed by atoms with Gasteiger partial charge in [-0.3, -0.25) is 0 Å². The van der Waals surface area contributed by atoms with Crippen molar-refractivity contribution in [3.8, 4) is 11.5 Å². The van der Waals surface area contributed by atoms with Crippen molar-refractivity contribution in [2.24, 2.45) is 0 Å². The minimum Gasteiger partial charge on any atom is -0.504 e. The van der Waals surface area contributed by atoms with E-state index >= 15 is 0 Å². The van der Waals surface area contributed by atoms with Gasteiger partial charge in [-0.25, -0.2) is 9.59 Å². The Morgan fingerprint density at radius 1 is 1.25 bits per heavy atom. The fraction of sp³-hybridized carbons (Fsp3) is 0.143. The van der Waals surface area contributed by atoms with Crippen LogP contribution in [0.25, 0.3) is 0 Å². The first-order chi connectivity index (χ1) is 9.40. The largest absolute Gasteiger partial charge is 0.504 e. The zero-order valence-corrected chi connectivity index (χ0v) is 11.0. The fourth-order valence-electron chi connectivity index (χ4n) is 0.971. The Balaban J connectivity index is 0.000000621. The van der Waals surface area contributed by atoms with Gasteiger partial charge in [0.15, 0.2) is 11.5 Å². The Morgan fingerprint density at radius 2 is 1.80 bits per heavy atom. The highest BCUT2D eigenvalue weighted by molar-refractivity contribution is 5.81. The Morgan fingerprint density at radius 3 is 2.25 bits per heavy atom. The molecular formula is C14H16O6. The predicted molar refractivity (Wildman–Crippen MR) is 72.3 cm³/mol. The van der Waals surface area contributed by atoms with Crippen molar-refractivity contribution in [3.05, 3.63) is 49.6 Å². The van der Waals surface area contributed by atoms with E-state index in [1.165, 1.54) is 6.07 Å². The van der Waals surface area contributed by atoms with Crippen LogP contribution in [-0.2, 0) is 14.3 Å². The molecule has 0 aliphatic heterocycles. The average molecular weight is 280 g/mol. The number of ether oxygens (including phenoxy) is 2. The van der Waals surface area contributed by atoms with E-state index in [1.807, 2.05) is 0 Å². The highest BCUT2D eigenvalue weighted by Gasteiger charge is 2.09. The monoisotopic (exact) mass is 280 g/mol. The van der Waals surface area contributed by atoms with Crippen LogP contribution < -0.4 is 4.74 Å². The first-order valence-electron chi connectivity index (χ1n) is 5.53. The maximum Gasteiger partial charge on any atom is 0.333 e. The summed E-state index contributed by atoms with van der Waals surface area (Å²) in [4.78, 5) is 20.1. The van der Waals surface area contributed by atoms with Crippen molar-refractivity contribution >= 4 is 11.9 Å². The van der Waals surface area contributed by atoms with Crippen LogP contribution in [0.3, 0.4) is 0 Å². The molecule has 20 heavy (non-hydrogen) atoms. The van der Waals surface area contributed by atoms with Crippen LogP contribution in [0.5, 0.6) is 11.5 Å². The van der Waals surface area contributed by atoms with Gasteiger partial charge in [-0.1, -0.05) is 25.3 Å².